The van der Waals surface area contributed by atoms with Crippen LogP contribution in [0.2, 0.25) is 0 Å². The van der Waals surface area contributed by atoms with E-state index in [1.165, 1.54) is 17.7 Å². The molecule has 0 saturated heterocycles. The number of halogens is 3. The van der Waals surface area contributed by atoms with E-state index in [0.717, 1.165) is 18.6 Å². The highest BCUT2D eigenvalue weighted by Gasteiger charge is 2.30. The molecule has 0 aliphatic heterocycles. The Labute approximate surface area is 122 Å². The summed E-state index contributed by atoms with van der Waals surface area (Å²) >= 11 is 0. The van der Waals surface area contributed by atoms with Crippen molar-refractivity contribution in [1.82, 2.24) is 0 Å². The summed E-state index contributed by atoms with van der Waals surface area (Å²) in [4.78, 5) is 0. The molecule has 0 N–H and O–H groups in total. The van der Waals surface area contributed by atoms with Crippen LogP contribution in [0.1, 0.15) is 30.4 Å². The molecule has 0 spiro atoms. The maximum absolute atomic E-state index is 12.5. The predicted octanol–water partition coefficient (Wildman–Crippen LogP) is 5.28. The van der Waals surface area contributed by atoms with Gasteiger partial charge in [-0.05, 0) is 36.2 Å². The van der Waals surface area contributed by atoms with Crippen LogP contribution >= 0.6 is 0 Å². The largest absolute Gasteiger partial charge is 0.493 e. The summed E-state index contributed by atoms with van der Waals surface area (Å²) in [5, 5.41) is 0. The zero-order valence-corrected chi connectivity index (χ0v) is 11.7. The van der Waals surface area contributed by atoms with Gasteiger partial charge in [0, 0.05) is 5.92 Å². The fourth-order valence-electron chi connectivity index (χ4n) is 2.11. The number of hydrogen-bond acceptors (Lipinski definition) is 1. The molecule has 1 atom stereocenters. The van der Waals surface area contributed by atoms with Crippen molar-refractivity contribution in [3.8, 4) is 5.75 Å². The molecule has 2 aromatic carbocycles. The lowest BCUT2D eigenvalue weighted by Gasteiger charge is -2.16. The van der Waals surface area contributed by atoms with Gasteiger partial charge in [-0.1, -0.05) is 37.3 Å². The van der Waals surface area contributed by atoms with E-state index in [2.05, 4.69) is 6.92 Å². The Balaban J connectivity index is 1.99. The first kappa shape index (κ1) is 15.4. The second-order valence-electron chi connectivity index (χ2n) is 4.85. The molecule has 0 aliphatic rings. The van der Waals surface area contributed by atoms with Crippen LogP contribution in [0.5, 0.6) is 5.75 Å². The first-order chi connectivity index (χ1) is 10.0. The van der Waals surface area contributed by atoms with E-state index < -0.39 is 11.7 Å². The summed E-state index contributed by atoms with van der Waals surface area (Å²) in [5.41, 5.74) is 0.511. The Morgan fingerprint density at radius 3 is 2.10 bits per heavy atom. The first-order valence-electron chi connectivity index (χ1n) is 6.85. The third-order valence-electron chi connectivity index (χ3n) is 3.40. The first-order valence-corrected chi connectivity index (χ1v) is 6.85. The van der Waals surface area contributed by atoms with Gasteiger partial charge in [-0.25, -0.2) is 0 Å². The topological polar surface area (TPSA) is 9.23 Å². The van der Waals surface area contributed by atoms with Crippen molar-refractivity contribution in [1.29, 1.82) is 0 Å². The van der Waals surface area contributed by atoms with Crippen molar-refractivity contribution < 1.29 is 17.9 Å². The molecule has 112 valence electrons. The van der Waals surface area contributed by atoms with Crippen molar-refractivity contribution in [3.63, 3.8) is 0 Å². The molecule has 2 aromatic rings. The van der Waals surface area contributed by atoms with Gasteiger partial charge >= 0.3 is 6.18 Å². The molecule has 4 heteroatoms. The van der Waals surface area contributed by atoms with E-state index in [9.17, 15) is 13.2 Å². The molecule has 0 amide bonds. The number of alkyl halides is 3. The van der Waals surface area contributed by atoms with Gasteiger partial charge in [0.2, 0.25) is 0 Å². The van der Waals surface area contributed by atoms with Gasteiger partial charge in [0.1, 0.15) is 5.75 Å². The molecule has 0 aromatic heterocycles. The number of ether oxygens (including phenoxy) is 1. The smallest absolute Gasteiger partial charge is 0.416 e. The Kier molecular flexibility index (Phi) is 4.89. The highest BCUT2D eigenvalue weighted by atomic mass is 19.4. The van der Waals surface area contributed by atoms with Crippen LogP contribution in [0, 0.1) is 0 Å². The monoisotopic (exact) mass is 294 g/mol. The Morgan fingerprint density at radius 2 is 1.57 bits per heavy atom. The molecule has 0 saturated carbocycles. The number of hydrogen-bond donors (Lipinski definition) is 0. The molecule has 2 rings (SSSR count). The van der Waals surface area contributed by atoms with Gasteiger partial charge in [0.15, 0.2) is 0 Å². The summed E-state index contributed by atoms with van der Waals surface area (Å²) in [6.07, 6.45) is -3.40. The molecule has 0 bridgehead atoms. The van der Waals surface area contributed by atoms with Crippen LogP contribution in [0.4, 0.5) is 13.2 Å². The van der Waals surface area contributed by atoms with Gasteiger partial charge < -0.3 is 4.74 Å². The minimum absolute atomic E-state index is 0.230. The molecule has 21 heavy (non-hydrogen) atoms. The second kappa shape index (κ2) is 6.66. The lowest BCUT2D eigenvalue weighted by atomic mass is 9.97. The summed E-state index contributed by atoms with van der Waals surface area (Å²) in [7, 11) is 0. The molecular weight excluding hydrogens is 277 g/mol. The third-order valence-corrected chi connectivity index (χ3v) is 3.40. The molecule has 1 nitrogen and oxygen atoms in total. The zero-order valence-electron chi connectivity index (χ0n) is 11.7. The normalized spacial score (nSPS) is 13.0. The van der Waals surface area contributed by atoms with Crippen molar-refractivity contribution in [2.24, 2.45) is 0 Å². The minimum atomic E-state index is -4.31. The summed E-state index contributed by atoms with van der Waals surface area (Å²) in [6, 6.07) is 14.8. The van der Waals surface area contributed by atoms with E-state index in [1.807, 2.05) is 30.3 Å². The summed E-state index contributed by atoms with van der Waals surface area (Å²) in [5.74, 6) is 0.686. The van der Waals surface area contributed by atoms with Gasteiger partial charge in [-0.2, -0.15) is 13.2 Å². The van der Waals surface area contributed by atoms with Gasteiger partial charge in [-0.15, -0.1) is 0 Å². The molecule has 0 aliphatic carbocycles. The van der Waals surface area contributed by atoms with Crippen molar-refractivity contribution in [3.05, 3.63) is 65.7 Å². The lowest BCUT2D eigenvalue weighted by Crippen LogP contribution is -2.10. The van der Waals surface area contributed by atoms with E-state index >= 15 is 0 Å². The second-order valence-corrected chi connectivity index (χ2v) is 4.85. The Bertz CT molecular complexity index is 546. The third kappa shape index (κ3) is 4.25. The van der Waals surface area contributed by atoms with E-state index in [4.69, 9.17) is 4.74 Å². The number of benzene rings is 2. The molecule has 0 fully saturated rings. The number of rotatable bonds is 5. The van der Waals surface area contributed by atoms with Crippen LogP contribution in [-0.4, -0.2) is 6.61 Å². The van der Waals surface area contributed by atoms with E-state index in [0.29, 0.717) is 12.4 Å². The molecule has 1 unspecified atom stereocenters. The molecular formula is C17H17F3O. The summed E-state index contributed by atoms with van der Waals surface area (Å²) < 4.78 is 43.0. The Hall–Kier alpha value is -1.97. The maximum atomic E-state index is 12.5. The average molecular weight is 294 g/mol. The minimum Gasteiger partial charge on any atom is -0.493 e. The Morgan fingerprint density at radius 1 is 0.952 bits per heavy atom. The standard InChI is InChI=1S/C17H17F3O/c1-2-13(14-6-4-3-5-7-14)12-21-16-10-8-15(9-11-16)17(18,19)20/h3-11,13H,2,12H2,1H3. The van der Waals surface area contributed by atoms with Crippen molar-refractivity contribution in [2.75, 3.05) is 6.61 Å². The fourth-order valence-corrected chi connectivity index (χ4v) is 2.11. The fraction of sp³-hybridized carbons (Fsp3) is 0.294. The zero-order chi connectivity index (χ0) is 15.3. The van der Waals surface area contributed by atoms with Crippen LogP contribution in [0.3, 0.4) is 0 Å². The lowest BCUT2D eigenvalue weighted by molar-refractivity contribution is -0.137. The highest BCUT2D eigenvalue weighted by molar-refractivity contribution is 5.29. The summed E-state index contributed by atoms with van der Waals surface area (Å²) in [6.45, 7) is 2.51. The average Bonchev–Trinajstić information content (AvgIpc) is 2.48. The van der Waals surface area contributed by atoms with Gasteiger partial charge in [0.05, 0.1) is 12.2 Å². The molecule has 0 radical (unpaired) electrons. The highest BCUT2D eigenvalue weighted by Crippen LogP contribution is 2.30. The van der Waals surface area contributed by atoms with Crippen LogP contribution in [0.25, 0.3) is 0 Å². The van der Waals surface area contributed by atoms with Crippen LogP contribution in [-0.2, 0) is 6.18 Å². The van der Waals surface area contributed by atoms with Crippen LogP contribution in [0.15, 0.2) is 54.6 Å². The van der Waals surface area contributed by atoms with E-state index in [-0.39, 0.29) is 5.92 Å². The molecule has 0 heterocycles. The quantitative estimate of drug-likeness (QED) is 0.729. The predicted molar refractivity (Wildman–Crippen MR) is 76.4 cm³/mol. The van der Waals surface area contributed by atoms with Crippen LogP contribution < -0.4 is 4.74 Å². The maximum Gasteiger partial charge on any atom is 0.416 e. The van der Waals surface area contributed by atoms with Crippen molar-refractivity contribution >= 4 is 0 Å². The van der Waals surface area contributed by atoms with Crippen molar-refractivity contribution in [2.45, 2.75) is 25.4 Å². The van der Waals surface area contributed by atoms with E-state index in [1.54, 1.807) is 0 Å². The SMILES string of the molecule is CCC(COc1ccc(C(F)(F)F)cc1)c1ccccc1. The van der Waals surface area contributed by atoms with Gasteiger partial charge in [0.25, 0.3) is 0 Å². The van der Waals surface area contributed by atoms with Gasteiger partial charge in [-0.3, -0.25) is 0 Å².